The molecule has 3 heteroatoms. The minimum Gasteiger partial charge on any atom is -0.316 e. The highest BCUT2D eigenvalue weighted by atomic mass is 35.5. The van der Waals surface area contributed by atoms with Crippen LogP contribution in [-0.4, -0.2) is 13.1 Å². The Morgan fingerprint density at radius 3 is 2.44 bits per heavy atom. The van der Waals surface area contributed by atoms with Crippen LogP contribution in [0.3, 0.4) is 0 Å². The molecule has 0 saturated carbocycles. The van der Waals surface area contributed by atoms with Gasteiger partial charge in [-0.25, -0.2) is 0 Å². The summed E-state index contributed by atoms with van der Waals surface area (Å²) in [6.07, 6.45) is 1.06. The normalized spacial score (nSPS) is 12.2. The minimum atomic E-state index is 0.0612. The summed E-state index contributed by atoms with van der Waals surface area (Å²) in [5.74, 6) is 0.687. The summed E-state index contributed by atoms with van der Waals surface area (Å²) in [6.45, 7) is 10.9. The Kier molecular flexibility index (Phi) is 5.97. The molecule has 0 unspecified atom stereocenters. The third-order valence-corrected chi connectivity index (χ3v) is 3.69. The summed E-state index contributed by atoms with van der Waals surface area (Å²) in [5, 5.41) is 4.93. The molecule has 0 aliphatic carbocycles. The lowest BCUT2D eigenvalue weighted by atomic mass is 9.81. The van der Waals surface area contributed by atoms with Gasteiger partial charge in [0.2, 0.25) is 0 Å². The summed E-state index contributed by atoms with van der Waals surface area (Å²) in [6, 6.07) is 5.76. The van der Waals surface area contributed by atoms with Gasteiger partial charge in [0.15, 0.2) is 0 Å². The lowest BCUT2D eigenvalue weighted by molar-refractivity contribution is 0.442. The molecule has 0 aromatic heterocycles. The number of hydrogen-bond donors (Lipinski definition) is 1. The molecule has 1 N–H and O–H groups in total. The van der Waals surface area contributed by atoms with E-state index in [0.29, 0.717) is 10.9 Å². The van der Waals surface area contributed by atoms with E-state index < -0.39 is 0 Å². The first-order valence-corrected chi connectivity index (χ1v) is 7.25. The van der Waals surface area contributed by atoms with E-state index in [4.69, 9.17) is 23.2 Å². The van der Waals surface area contributed by atoms with Crippen LogP contribution >= 0.6 is 23.2 Å². The van der Waals surface area contributed by atoms with Crippen LogP contribution in [0.4, 0.5) is 0 Å². The smallest absolute Gasteiger partial charge is 0.0458 e. The molecule has 0 aliphatic rings. The van der Waals surface area contributed by atoms with E-state index in [1.165, 1.54) is 5.56 Å². The third-order valence-electron chi connectivity index (χ3n) is 3.14. The molecule has 0 bridgehead atoms. The molecule has 0 saturated heterocycles. The van der Waals surface area contributed by atoms with Gasteiger partial charge in [0.1, 0.15) is 0 Å². The maximum Gasteiger partial charge on any atom is 0.0458 e. The van der Waals surface area contributed by atoms with E-state index in [2.05, 4.69) is 33.0 Å². The molecule has 1 aromatic carbocycles. The number of halogens is 2. The van der Waals surface area contributed by atoms with Gasteiger partial charge in [-0.05, 0) is 48.5 Å². The first-order chi connectivity index (χ1) is 8.33. The predicted molar refractivity (Wildman–Crippen MR) is 81.8 cm³/mol. The first kappa shape index (κ1) is 15.8. The van der Waals surface area contributed by atoms with Crippen molar-refractivity contribution in [3.05, 3.63) is 33.8 Å². The highest BCUT2D eigenvalue weighted by Crippen LogP contribution is 2.33. The van der Waals surface area contributed by atoms with Crippen molar-refractivity contribution < 1.29 is 0 Å². The fourth-order valence-electron chi connectivity index (χ4n) is 1.96. The van der Waals surface area contributed by atoms with Crippen LogP contribution in [0.5, 0.6) is 0 Å². The van der Waals surface area contributed by atoms with Gasteiger partial charge in [-0.3, -0.25) is 0 Å². The fraction of sp³-hybridized carbons (Fsp3) is 0.600. The molecule has 0 fully saturated rings. The molecule has 0 radical (unpaired) electrons. The standard InChI is InChI=1S/C15H23Cl2N/c1-11(2)10-18-8-7-15(3,4)13-6-5-12(16)9-14(13)17/h5-6,9,11,18H,7-8,10H2,1-4H3. The lowest BCUT2D eigenvalue weighted by Gasteiger charge is -2.27. The van der Waals surface area contributed by atoms with Crippen LogP contribution in [0.25, 0.3) is 0 Å². The van der Waals surface area contributed by atoms with Crippen LogP contribution < -0.4 is 5.32 Å². The van der Waals surface area contributed by atoms with Crippen molar-refractivity contribution in [2.45, 2.75) is 39.5 Å². The zero-order valence-electron chi connectivity index (χ0n) is 11.7. The van der Waals surface area contributed by atoms with Crippen molar-refractivity contribution in [3.63, 3.8) is 0 Å². The predicted octanol–water partition coefficient (Wildman–Crippen LogP) is 4.91. The number of benzene rings is 1. The van der Waals surface area contributed by atoms with Crippen molar-refractivity contribution in [2.75, 3.05) is 13.1 Å². The molecule has 0 amide bonds. The largest absolute Gasteiger partial charge is 0.316 e. The highest BCUT2D eigenvalue weighted by Gasteiger charge is 2.22. The SMILES string of the molecule is CC(C)CNCCC(C)(C)c1ccc(Cl)cc1Cl. The van der Waals surface area contributed by atoms with Crippen molar-refractivity contribution >= 4 is 23.2 Å². The maximum absolute atomic E-state index is 6.27. The van der Waals surface area contributed by atoms with E-state index in [-0.39, 0.29) is 5.41 Å². The van der Waals surface area contributed by atoms with Crippen molar-refractivity contribution in [3.8, 4) is 0 Å². The first-order valence-electron chi connectivity index (χ1n) is 6.49. The van der Waals surface area contributed by atoms with Crippen LogP contribution in [0.15, 0.2) is 18.2 Å². The van der Waals surface area contributed by atoms with Crippen molar-refractivity contribution in [1.82, 2.24) is 5.32 Å². The van der Waals surface area contributed by atoms with Gasteiger partial charge in [-0.2, -0.15) is 0 Å². The highest BCUT2D eigenvalue weighted by molar-refractivity contribution is 6.35. The molecular weight excluding hydrogens is 265 g/mol. The van der Waals surface area contributed by atoms with E-state index in [9.17, 15) is 0 Å². The summed E-state index contributed by atoms with van der Waals surface area (Å²) in [7, 11) is 0. The van der Waals surface area contributed by atoms with Gasteiger partial charge in [0.05, 0.1) is 0 Å². The monoisotopic (exact) mass is 287 g/mol. The molecule has 0 aliphatic heterocycles. The third kappa shape index (κ3) is 4.79. The Balaban J connectivity index is 2.62. The Labute approximate surface area is 121 Å². The van der Waals surface area contributed by atoms with Gasteiger partial charge in [0.25, 0.3) is 0 Å². The molecule has 0 heterocycles. The van der Waals surface area contributed by atoms with Crippen molar-refractivity contribution in [2.24, 2.45) is 5.92 Å². The number of hydrogen-bond acceptors (Lipinski definition) is 1. The van der Waals surface area contributed by atoms with Crippen molar-refractivity contribution in [1.29, 1.82) is 0 Å². The van der Waals surface area contributed by atoms with E-state index in [1.807, 2.05) is 18.2 Å². The average molecular weight is 288 g/mol. The molecule has 18 heavy (non-hydrogen) atoms. The molecule has 0 atom stereocenters. The van der Waals surface area contributed by atoms with Gasteiger partial charge >= 0.3 is 0 Å². The Bertz CT molecular complexity index is 386. The summed E-state index contributed by atoms with van der Waals surface area (Å²) in [4.78, 5) is 0. The van der Waals surface area contributed by atoms with Crippen LogP contribution in [0.1, 0.15) is 39.7 Å². The second-order valence-corrected chi connectivity index (χ2v) is 6.70. The summed E-state index contributed by atoms with van der Waals surface area (Å²) in [5.41, 5.74) is 1.23. The van der Waals surface area contributed by atoms with E-state index in [0.717, 1.165) is 24.5 Å². The molecule has 1 rings (SSSR count). The summed E-state index contributed by atoms with van der Waals surface area (Å²) < 4.78 is 0. The topological polar surface area (TPSA) is 12.0 Å². The van der Waals surface area contributed by atoms with Crippen LogP contribution in [0.2, 0.25) is 10.0 Å². The van der Waals surface area contributed by atoms with Crippen LogP contribution in [0, 0.1) is 5.92 Å². The molecule has 102 valence electrons. The Hall–Kier alpha value is -0.240. The second-order valence-electron chi connectivity index (χ2n) is 5.86. The number of rotatable bonds is 6. The van der Waals surface area contributed by atoms with E-state index in [1.54, 1.807) is 0 Å². The van der Waals surface area contributed by atoms with Gasteiger partial charge in [0, 0.05) is 10.0 Å². The van der Waals surface area contributed by atoms with Gasteiger partial charge in [-0.15, -0.1) is 0 Å². The maximum atomic E-state index is 6.27. The van der Waals surface area contributed by atoms with Gasteiger partial charge in [-0.1, -0.05) is 57.0 Å². The minimum absolute atomic E-state index is 0.0612. The van der Waals surface area contributed by atoms with Crippen LogP contribution in [-0.2, 0) is 5.41 Å². The molecule has 0 spiro atoms. The lowest BCUT2D eigenvalue weighted by Crippen LogP contribution is -2.28. The van der Waals surface area contributed by atoms with E-state index >= 15 is 0 Å². The molecule has 1 aromatic rings. The zero-order valence-corrected chi connectivity index (χ0v) is 13.2. The fourth-order valence-corrected chi connectivity index (χ4v) is 2.63. The number of nitrogens with one attached hydrogen (secondary N) is 1. The Morgan fingerprint density at radius 2 is 1.89 bits per heavy atom. The average Bonchev–Trinajstić information content (AvgIpc) is 2.23. The molecular formula is C15H23Cl2N. The Morgan fingerprint density at radius 1 is 1.22 bits per heavy atom. The summed E-state index contributed by atoms with van der Waals surface area (Å²) >= 11 is 12.2. The quantitative estimate of drug-likeness (QED) is 0.734. The second kappa shape index (κ2) is 6.79. The molecule has 1 nitrogen and oxygen atoms in total. The zero-order chi connectivity index (χ0) is 13.8. The van der Waals surface area contributed by atoms with Gasteiger partial charge < -0.3 is 5.32 Å².